The number of nitrogen functional groups attached to an aromatic ring is 1. The van der Waals surface area contributed by atoms with Crippen molar-refractivity contribution in [3.8, 4) is 0 Å². The number of halogens is 1. The first-order chi connectivity index (χ1) is 13.6. The monoisotopic (exact) mass is 444 g/mol. The molecule has 144 valence electrons. The minimum atomic E-state index is -0.126. The number of fused-ring (bicyclic) bond motifs is 1. The van der Waals surface area contributed by atoms with Crippen molar-refractivity contribution in [2.45, 2.75) is 0 Å². The van der Waals surface area contributed by atoms with Gasteiger partial charge in [0.05, 0.1) is 35.0 Å². The molecule has 3 aromatic rings. The largest absolute Gasteiger partial charge is 0.383 e. The van der Waals surface area contributed by atoms with Gasteiger partial charge in [-0.1, -0.05) is 0 Å². The van der Waals surface area contributed by atoms with Gasteiger partial charge in [-0.2, -0.15) is 0 Å². The maximum Gasteiger partial charge on any atom is 0.271 e. The van der Waals surface area contributed by atoms with Crippen molar-refractivity contribution in [3.63, 3.8) is 0 Å². The van der Waals surface area contributed by atoms with Crippen LogP contribution in [0.4, 0.5) is 17.3 Å². The van der Waals surface area contributed by atoms with Gasteiger partial charge in [0.15, 0.2) is 0 Å². The van der Waals surface area contributed by atoms with Crippen LogP contribution >= 0.6 is 15.9 Å². The van der Waals surface area contributed by atoms with Crippen molar-refractivity contribution in [2.24, 2.45) is 0 Å². The molecule has 5 N–H and O–H groups in total. The highest BCUT2D eigenvalue weighted by atomic mass is 79.9. The second kappa shape index (κ2) is 7.52. The lowest BCUT2D eigenvalue weighted by molar-refractivity contribution is 0.0299. The summed E-state index contributed by atoms with van der Waals surface area (Å²) in [5.41, 5.74) is 7.78. The molecule has 0 aromatic carbocycles. The minimum Gasteiger partial charge on any atom is -0.383 e. The van der Waals surface area contributed by atoms with Crippen molar-refractivity contribution in [3.05, 3.63) is 34.3 Å². The van der Waals surface area contributed by atoms with Crippen LogP contribution in [0.15, 0.2) is 23.1 Å². The molecule has 1 aliphatic rings. The molecule has 0 spiro atoms. The van der Waals surface area contributed by atoms with E-state index in [1.165, 1.54) is 6.33 Å². The van der Waals surface area contributed by atoms with Crippen LogP contribution < -0.4 is 11.1 Å². The number of carbonyl (C=O) groups is 1. The number of carbonyl (C=O) groups excluding carboxylic acids is 1. The highest BCUT2D eigenvalue weighted by Crippen LogP contribution is 2.33. The Morgan fingerprint density at radius 1 is 1.36 bits per heavy atom. The lowest BCUT2D eigenvalue weighted by Crippen LogP contribution is -2.40. The van der Waals surface area contributed by atoms with Crippen molar-refractivity contribution in [1.29, 1.82) is 5.41 Å². The number of pyridine rings is 1. The molecule has 1 aliphatic heterocycles. The van der Waals surface area contributed by atoms with Gasteiger partial charge in [-0.3, -0.25) is 4.79 Å². The molecule has 11 heteroatoms. The summed E-state index contributed by atoms with van der Waals surface area (Å²) >= 11 is 3.52. The highest BCUT2D eigenvalue weighted by Gasteiger charge is 2.25. The van der Waals surface area contributed by atoms with Crippen LogP contribution in [0.25, 0.3) is 11.0 Å². The van der Waals surface area contributed by atoms with E-state index in [2.05, 4.69) is 41.2 Å². The summed E-state index contributed by atoms with van der Waals surface area (Å²) in [4.78, 5) is 30.3. The third-order valence-electron chi connectivity index (χ3n) is 4.41. The third-order valence-corrected chi connectivity index (χ3v) is 5.20. The summed E-state index contributed by atoms with van der Waals surface area (Å²) in [5, 5.41) is 11.2. The van der Waals surface area contributed by atoms with Crippen LogP contribution in [-0.2, 0) is 4.74 Å². The van der Waals surface area contributed by atoms with Crippen molar-refractivity contribution in [1.82, 2.24) is 24.8 Å². The van der Waals surface area contributed by atoms with Gasteiger partial charge in [-0.25, -0.2) is 15.0 Å². The normalized spacial score (nSPS) is 14.2. The number of hydrogen-bond donors (Lipinski definition) is 4. The quantitative estimate of drug-likeness (QED) is 0.449. The second-order valence-electron chi connectivity index (χ2n) is 6.13. The Kier molecular flexibility index (Phi) is 4.92. The molecule has 0 saturated carbocycles. The van der Waals surface area contributed by atoms with Crippen molar-refractivity contribution >= 4 is 56.4 Å². The lowest BCUT2D eigenvalue weighted by atomic mass is 10.2. The van der Waals surface area contributed by atoms with E-state index in [4.69, 9.17) is 15.9 Å². The molecule has 1 amide bonds. The summed E-state index contributed by atoms with van der Waals surface area (Å²) < 4.78 is 5.89. The van der Waals surface area contributed by atoms with E-state index in [1.807, 2.05) is 0 Å². The van der Waals surface area contributed by atoms with Gasteiger partial charge in [0.2, 0.25) is 0 Å². The number of H-pyrrole nitrogens is 1. The predicted octanol–water partition coefficient (Wildman–Crippen LogP) is 1.91. The second-order valence-corrected chi connectivity index (χ2v) is 6.93. The van der Waals surface area contributed by atoms with E-state index < -0.39 is 0 Å². The number of hydrogen-bond acceptors (Lipinski definition) is 8. The van der Waals surface area contributed by atoms with Gasteiger partial charge >= 0.3 is 0 Å². The predicted molar refractivity (Wildman–Crippen MR) is 108 cm³/mol. The average molecular weight is 445 g/mol. The molecule has 0 atom stereocenters. The Labute approximate surface area is 168 Å². The summed E-state index contributed by atoms with van der Waals surface area (Å²) in [6.07, 6.45) is 4.09. The number of nitrogens with zero attached hydrogens (tertiary/aromatic N) is 4. The SMILES string of the molecule is N=Cc1cc(Nc2ncnc3[nH]c(C(=O)N4CCOCC4)c(Br)c23)cnc1N. The molecule has 0 aliphatic carbocycles. The Bertz CT molecular complexity index is 1060. The Morgan fingerprint density at radius 2 is 2.14 bits per heavy atom. The number of morpholine rings is 1. The van der Waals surface area contributed by atoms with Crippen LogP contribution in [0.5, 0.6) is 0 Å². The Hall–Kier alpha value is -3.05. The zero-order valence-electron chi connectivity index (χ0n) is 14.7. The molecule has 1 saturated heterocycles. The molecule has 0 unspecified atom stereocenters. The molecule has 4 heterocycles. The Balaban J connectivity index is 1.71. The van der Waals surface area contributed by atoms with Gasteiger partial charge in [-0.15, -0.1) is 0 Å². The number of ether oxygens (including phenoxy) is 1. The van der Waals surface area contributed by atoms with Gasteiger partial charge < -0.3 is 31.1 Å². The zero-order valence-corrected chi connectivity index (χ0v) is 16.3. The van der Waals surface area contributed by atoms with Gasteiger partial charge in [0.1, 0.15) is 29.3 Å². The number of aromatic amines is 1. The van der Waals surface area contributed by atoms with Crippen LogP contribution in [0.3, 0.4) is 0 Å². The maximum absolute atomic E-state index is 12.9. The van der Waals surface area contributed by atoms with Crippen LogP contribution in [-0.4, -0.2) is 63.3 Å². The molecule has 0 bridgehead atoms. The number of nitrogens with two attached hydrogens (primary N) is 1. The summed E-state index contributed by atoms with van der Waals surface area (Å²) in [6, 6.07) is 1.70. The number of rotatable bonds is 4. The Morgan fingerprint density at radius 3 is 2.89 bits per heavy atom. The fourth-order valence-electron chi connectivity index (χ4n) is 2.97. The van der Waals surface area contributed by atoms with E-state index in [0.29, 0.717) is 64.6 Å². The molecular weight excluding hydrogens is 428 g/mol. The van der Waals surface area contributed by atoms with Crippen molar-refractivity contribution < 1.29 is 9.53 Å². The molecule has 3 aromatic heterocycles. The summed E-state index contributed by atoms with van der Waals surface area (Å²) in [7, 11) is 0. The molecule has 10 nitrogen and oxygen atoms in total. The molecule has 28 heavy (non-hydrogen) atoms. The van der Waals surface area contributed by atoms with E-state index >= 15 is 0 Å². The highest BCUT2D eigenvalue weighted by molar-refractivity contribution is 9.10. The first-order valence-corrected chi connectivity index (χ1v) is 9.30. The fourth-order valence-corrected chi connectivity index (χ4v) is 3.61. The van der Waals surface area contributed by atoms with E-state index in [9.17, 15) is 4.79 Å². The number of anilines is 3. The first-order valence-electron chi connectivity index (χ1n) is 8.50. The van der Waals surface area contributed by atoms with Gasteiger partial charge in [0, 0.05) is 24.9 Å². The topological polar surface area (TPSA) is 146 Å². The zero-order chi connectivity index (χ0) is 19.7. The number of aromatic nitrogens is 4. The maximum atomic E-state index is 12.9. The van der Waals surface area contributed by atoms with Gasteiger partial charge in [0.25, 0.3) is 5.91 Å². The van der Waals surface area contributed by atoms with Crippen LogP contribution in [0.1, 0.15) is 16.1 Å². The smallest absolute Gasteiger partial charge is 0.271 e. The van der Waals surface area contributed by atoms with E-state index in [-0.39, 0.29) is 11.7 Å². The van der Waals surface area contributed by atoms with E-state index in [0.717, 1.165) is 6.21 Å². The van der Waals surface area contributed by atoms with E-state index in [1.54, 1.807) is 17.2 Å². The summed E-state index contributed by atoms with van der Waals surface area (Å²) in [5.74, 6) is 0.644. The fraction of sp³-hybridized carbons (Fsp3) is 0.235. The number of amides is 1. The number of nitrogens with one attached hydrogen (secondary N) is 3. The molecular formula is C17H17BrN8O2. The molecule has 4 rings (SSSR count). The third kappa shape index (κ3) is 3.29. The van der Waals surface area contributed by atoms with Gasteiger partial charge in [-0.05, 0) is 22.0 Å². The summed E-state index contributed by atoms with van der Waals surface area (Å²) in [6.45, 7) is 2.13. The van der Waals surface area contributed by atoms with Crippen molar-refractivity contribution in [2.75, 3.05) is 37.4 Å². The average Bonchev–Trinajstić information content (AvgIpc) is 3.07. The molecule has 1 fully saturated rings. The molecule has 0 radical (unpaired) electrons. The lowest BCUT2D eigenvalue weighted by Gasteiger charge is -2.26. The van der Waals surface area contributed by atoms with Crippen LogP contribution in [0, 0.1) is 5.41 Å². The van der Waals surface area contributed by atoms with Crippen LogP contribution in [0.2, 0.25) is 0 Å². The first kappa shape index (κ1) is 18.3. The minimum absolute atomic E-state index is 0.126. The standard InChI is InChI=1S/C17H17BrN8O2/c18-12-11-15(24-10-5-9(6-19)14(20)21-7-10)22-8-23-16(11)25-13(12)17(27)26-1-3-28-4-2-26/h5-8,19H,1-4H2,(H2,20,21)(H2,22,23,24,25).